The van der Waals surface area contributed by atoms with Crippen LogP contribution in [0.5, 0.6) is 0 Å². The van der Waals surface area contributed by atoms with Crippen LogP contribution in [0, 0.1) is 5.92 Å². The number of fused-ring (bicyclic) bond motifs is 1. The first-order valence-electron chi connectivity index (χ1n) is 7.53. The van der Waals surface area contributed by atoms with Gasteiger partial charge in [0.1, 0.15) is 0 Å². The van der Waals surface area contributed by atoms with Crippen molar-refractivity contribution >= 4 is 15.7 Å². The van der Waals surface area contributed by atoms with Crippen molar-refractivity contribution in [3.8, 4) is 0 Å². The van der Waals surface area contributed by atoms with Crippen molar-refractivity contribution < 1.29 is 13.2 Å². The van der Waals surface area contributed by atoms with Crippen LogP contribution in [0.15, 0.2) is 23.1 Å². The van der Waals surface area contributed by atoms with Gasteiger partial charge in [-0.3, -0.25) is 0 Å². The Morgan fingerprint density at radius 3 is 2.86 bits per heavy atom. The van der Waals surface area contributed by atoms with Crippen LogP contribution in [0.25, 0.3) is 0 Å². The smallest absolute Gasteiger partial charge is 0.240 e. The second-order valence-electron chi connectivity index (χ2n) is 5.86. The van der Waals surface area contributed by atoms with Gasteiger partial charge < -0.3 is 10.1 Å². The zero-order chi connectivity index (χ0) is 14.9. The molecule has 1 unspecified atom stereocenters. The van der Waals surface area contributed by atoms with Crippen molar-refractivity contribution in [2.75, 3.05) is 25.1 Å². The van der Waals surface area contributed by atoms with E-state index in [4.69, 9.17) is 4.74 Å². The molecule has 0 aromatic heterocycles. The number of anilines is 1. The first-order valence-corrected chi connectivity index (χ1v) is 9.01. The second kappa shape index (κ2) is 5.94. The first-order chi connectivity index (χ1) is 10.1. The third kappa shape index (κ3) is 3.22. The van der Waals surface area contributed by atoms with E-state index in [1.165, 1.54) is 0 Å². The van der Waals surface area contributed by atoms with Gasteiger partial charge in [0.05, 0.1) is 4.90 Å². The van der Waals surface area contributed by atoms with Crippen molar-refractivity contribution in [3.05, 3.63) is 23.8 Å². The highest BCUT2D eigenvalue weighted by atomic mass is 32.2. The van der Waals surface area contributed by atoms with Crippen LogP contribution >= 0.6 is 0 Å². The van der Waals surface area contributed by atoms with Crippen LogP contribution < -0.4 is 10.0 Å². The van der Waals surface area contributed by atoms with Crippen LogP contribution in [-0.2, 0) is 21.2 Å². The zero-order valence-electron chi connectivity index (χ0n) is 12.3. The number of hydrogen-bond acceptors (Lipinski definition) is 4. The van der Waals surface area contributed by atoms with Crippen molar-refractivity contribution in [3.63, 3.8) is 0 Å². The first kappa shape index (κ1) is 14.8. The Balaban J connectivity index is 1.74. The average Bonchev–Trinajstić information content (AvgIpc) is 2.95. The molecule has 5 nitrogen and oxygen atoms in total. The normalized spacial score (nSPS) is 20.8. The Morgan fingerprint density at radius 2 is 2.10 bits per heavy atom. The molecule has 2 N–H and O–H groups in total. The van der Waals surface area contributed by atoms with E-state index in [-0.39, 0.29) is 6.04 Å². The predicted molar refractivity (Wildman–Crippen MR) is 82.0 cm³/mol. The van der Waals surface area contributed by atoms with Gasteiger partial charge in [-0.05, 0) is 55.9 Å². The van der Waals surface area contributed by atoms with Gasteiger partial charge in [0, 0.05) is 31.5 Å². The third-order valence-corrected chi connectivity index (χ3v) is 5.97. The third-order valence-electron chi connectivity index (χ3n) is 4.41. The summed E-state index contributed by atoms with van der Waals surface area (Å²) >= 11 is 0. The standard InChI is InChI=1S/C15H22N2O3S/c1-11(12-5-8-20-9-6-12)17-21(18,19)14-2-3-15-13(10-14)4-7-16-15/h2-3,10-12,16-17H,4-9H2,1H3. The molecule has 1 atom stereocenters. The van der Waals surface area contributed by atoms with Crippen molar-refractivity contribution in [1.82, 2.24) is 4.72 Å². The molecular weight excluding hydrogens is 288 g/mol. The van der Waals surface area contributed by atoms with E-state index in [1.807, 2.05) is 13.0 Å². The largest absolute Gasteiger partial charge is 0.384 e. The van der Waals surface area contributed by atoms with Gasteiger partial charge in [-0.2, -0.15) is 0 Å². The minimum Gasteiger partial charge on any atom is -0.384 e. The van der Waals surface area contributed by atoms with E-state index in [0.29, 0.717) is 10.8 Å². The molecule has 3 rings (SSSR count). The Hall–Kier alpha value is -1.11. The molecule has 0 amide bonds. The van der Waals surface area contributed by atoms with Gasteiger partial charge in [-0.1, -0.05) is 0 Å². The molecule has 1 aromatic rings. The summed E-state index contributed by atoms with van der Waals surface area (Å²) in [6.07, 6.45) is 2.71. The van der Waals surface area contributed by atoms with E-state index in [1.54, 1.807) is 12.1 Å². The second-order valence-corrected chi connectivity index (χ2v) is 7.57. The SMILES string of the molecule is CC(NS(=O)(=O)c1ccc2c(c1)CCN2)C1CCOCC1. The molecule has 2 aliphatic rings. The highest BCUT2D eigenvalue weighted by Gasteiger charge is 2.26. The molecule has 2 aliphatic heterocycles. The van der Waals surface area contributed by atoms with Crippen molar-refractivity contribution in [2.45, 2.75) is 37.1 Å². The van der Waals surface area contributed by atoms with Gasteiger partial charge in [0.2, 0.25) is 10.0 Å². The Kier molecular flexibility index (Phi) is 4.19. The fraction of sp³-hybridized carbons (Fsp3) is 0.600. The maximum Gasteiger partial charge on any atom is 0.240 e. The van der Waals surface area contributed by atoms with Gasteiger partial charge >= 0.3 is 0 Å². The Bertz CT molecular complexity index is 609. The minimum atomic E-state index is -3.45. The molecule has 116 valence electrons. The molecule has 0 bridgehead atoms. The van der Waals surface area contributed by atoms with Crippen LogP contribution in [0.1, 0.15) is 25.3 Å². The summed E-state index contributed by atoms with van der Waals surface area (Å²) in [6, 6.07) is 5.26. The number of sulfonamides is 1. The summed E-state index contributed by atoms with van der Waals surface area (Å²) in [5.74, 6) is 0.351. The molecule has 0 spiro atoms. The lowest BCUT2D eigenvalue weighted by Crippen LogP contribution is -2.40. The summed E-state index contributed by atoms with van der Waals surface area (Å²) < 4.78 is 33.2. The number of benzene rings is 1. The lowest BCUT2D eigenvalue weighted by atomic mass is 9.94. The summed E-state index contributed by atoms with van der Waals surface area (Å²) in [6.45, 7) is 4.27. The van der Waals surface area contributed by atoms with Crippen LogP contribution in [0.3, 0.4) is 0 Å². The maximum atomic E-state index is 12.5. The molecule has 21 heavy (non-hydrogen) atoms. The van der Waals surface area contributed by atoms with Crippen molar-refractivity contribution in [2.24, 2.45) is 5.92 Å². The molecule has 2 heterocycles. The van der Waals surface area contributed by atoms with Crippen molar-refractivity contribution in [1.29, 1.82) is 0 Å². The molecule has 0 radical (unpaired) electrons. The minimum absolute atomic E-state index is 0.0646. The summed E-state index contributed by atoms with van der Waals surface area (Å²) in [7, 11) is -3.45. The van der Waals surface area contributed by atoms with Crippen LogP contribution in [-0.4, -0.2) is 34.2 Å². The fourth-order valence-electron chi connectivity index (χ4n) is 3.07. The molecule has 1 saturated heterocycles. The van der Waals surface area contributed by atoms with E-state index in [2.05, 4.69) is 10.0 Å². The Morgan fingerprint density at radius 1 is 1.33 bits per heavy atom. The predicted octanol–water partition coefficient (Wildman–Crippen LogP) is 1.75. The highest BCUT2D eigenvalue weighted by Crippen LogP contribution is 2.26. The van der Waals surface area contributed by atoms with E-state index in [9.17, 15) is 8.42 Å². The number of ether oxygens (including phenoxy) is 1. The van der Waals surface area contributed by atoms with Gasteiger partial charge in [0.15, 0.2) is 0 Å². The fourth-order valence-corrected chi connectivity index (χ4v) is 4.44. The summed E-state index contributed by atoms with van der Waals surface area (Å²) in [5.41, 5.74) is 2.13. The molecule has 6 heteroatoms. The van der Waals surface area contributed by atoms with Crippen LogP contribution in [0.2, 0.25) is 0 Å². The maximum absolute atomic E-state index is 12.5. The van der Waals surface area contributed by atoms with Gasteiger partial charge in [-0.25, -0.2) is 13.1 Å². The topological polar surface area (TPSA) is 67.4 Å². The van der Waals surface area contributed by atoms with E-state index in [0.717, 1.165) is 50.3 Å². The average molecular weight is 310 g/mol. The lowest BCUT2D eigenvalue weighted by Gasteiger charge is -2.28. The molecule has 0 saturated carbocycles. The van der Waals surface area contributed by atoms with Gasteiger partial charge in [0.25, 0.3) is 0 Å². The number of nitrogens with one attached hydrogen (secondary N) is 2. The summed E-state index contributed by atoms with van der Waals surface area (Å²) in [4.78, 5) is 0.365. The van der Waals surface area contributed by atoms with Crippen LogP contribution in [0.4, 0.5) is 5.69 Å². The number of hydrogen-bond donors (Lipinski definition) is 2. The molecule has 1 fully saturated rings. The quantitative estimate of drug-likeness (QED) is 0.889. The highest BCUT2D eigenvalue weighted by molar-refractivity contribution is 7.89. The monoisotopic (exact) mass is 310 g/mol. The van der Waals surface area contributed by atoms with E-state index < -0.39 is 10.0 Å². The summed E-state index contributed by atoms with van der Waals surface area (Å²) in [5, 5.41) is 3.24. The lowest BCUT2D eigenvalue weighted by molar-refractivity contribution is 0.0585. The van der Waals surface area contributed by atoms with E-state index >= 15 is 0 Å². The molecule has 1 aromatic carbocycles. The zero-order valence-corrected chi connectivity index (χ0v) is 13.1. The van der Waals surface area contributed by atoms with Gasteiger partial charge in [-0.15, -0.1) is 0 Å². The molecule has 0 aliphatic carbocycles. The molecular formula is C15H22N2O3S. The Labute approximate surface area is 126 Å². The number of rotatable bonds is 4.